The van der Waals surface area contributed by atoms with Gasteiger partial charge in [0.2, 0.25) is 0 Å². The van der Waals surface area contributed by atoms with Crippen LogP contribution in [0.3, 0.4) is 0 Å². The highest BCUT2D eigenvalue weighted by molar-refractivity contribution is 6.19. The first-order chi connectivity index (χ1) is 6.91. The summed E-state index contributed by atoms with van der Waals surface area (Å²) in [5.74, 6) is 0. The summed E-state index contributed by atoms with van der Waals surface area (Å²) in [6.07, 6.45) is 0.0611. The first kappa shape index (κ1) is 15.8. The zero-order valence-electron chi connectivity index (χ0n) is 9.08. The van der Waals surface area contributed by atoms with Crippen LogP contribution >= 0.6 is 34.8 Å². The quantitative estimate of drug-likeness (QED) is 0.503. The molecule has 0 heterocycles. The molecule has 0 aliphatic carbocycles. The van der Waals surface area contributed by atoms with Crippen LogP contribution in [0, 0.1) is 0 Å². The van der Waals surface area contributed by atoms with E-state index in [1.165, 1.54) is 0 Å². The van der Waals surface area contributed by atoms with Gasteiger partial charge in [-0.25, -0.2) is 0 Å². The predicted molar refractivity (Wildman–Crippen MR) is 62.5 cm³/mol. The molecular weight excluding hydrogens is 262 g/mol. The van der Waals surface area contributed by atoms with Crippen LogP contribution in [0.1, 0.15) is 27.2 Å². The first-order valence-corrected chi connectivity index (χ1v) is 6.07. The Hall–Kier alpha value is 0.750. The highest BCUT2D eigenvalue weighted by Gasteiger charge is 2.15. The first-order valence-electron chi connectivity index (χ1n) is 4.76. The standard InChI is InChI=1S/C9H17Cl3O3/c1-6(10)13-5-4-9(14-7(2)11)15-8(3)12/h6-9H,4-5H2,1-3H3. The Morgan fingerprint density at radius 2 is 1.33 bits per heavy atom. The van der Waals surface area contributed by atoms with E-state index in [0.717, 1.165) is 0 Å². The average molecular weight is 280 g/mol. The summed E-state index contributed by atoms with van der Waals surface area (Å²) in [6, 6.07) is 0. The van der Waals surface area contributed by atoms with Crippen molar-refractivity contribution in [2.75, 3.05) is 6.61 Å². The monoisotopic (exact) mass is 278 g/mol. The molecule has 0 aliphatic rings. The molecule has 0 spiro atoms. The highest BCUT2D eigenvalue weighted by atomic mass is 35.5. The summed E-state index contributed by atoms with van der Waals surface area (Å²) in [6.45, 7) is 5.60. The SMILES string of the molecule is CC(Cl)OCCC(OC(C)Cl)OC(C)Cl. The van der Waals surface area contributed by atoms with Gasteiger partial charge in [-0.2, -0.15) is 0 Å². The Kier molecular flexibility index (Phi) is 9.29. The van der Waals surface area contributed by atoms with Gasteiger partial charge in [-0.1, -0.05) is 34.8 Å². The maximum Gasteiger partial charge on any atom is 0.163 e. The van der Waals surface area contributed by atoms with Crippen molar-refractivity contribution < 1.29 is 14.2 Å². The van der Waals surface area contributed by atoms with E-state index in [9.17, 15) is 0 Å². The van der Waals surface area contributed by atoms with Crippen molar-refractivity contribution in [1.82, 2.24) is 0 Å². The smallest absolute Gasteiger partial charge is 0.163 e. The Labute approximate surface area is 106 Å². The molecule has 0 N–H and O–H groups in total. The molecule has 6 heteroatoms. The van der Waals surface area contributed by atoms with Crippen LogP contribution in [-0.2, 0) is 14.2 Å². The minimum Gasteiger partial charge on any atom is -0.363 e. The maximum atomic E-state index is 5.69. The van der Waals surface area contributed by atoms with Crippen LogP contribution in [-0.4, -0.2) is 29.6 Å². The van der Waals surface area contributed by atoms with E-state index in [1.54, 1.807) is 20.8 Å². The van der Waals surface area contributed by atoms with E-state index >= 15 is 0 Å². The third-order valence-electron chi connectivity index (χ3n) is 1.38. The number of hydrogen-bond donors (Lipinski definition) is 0. The van der Waals surface area contributed by atoms with Crippen LogP contribution in [0.2, 0.25) is 0 Å². The van der Waals surface area contributed by atoms with Crippen LogP contribution in [0.5, 0.6) is 0 Å². The summed E-state index contributed by atoms with van der Waals surface area (Å²) in [5.41, 5.74) is -1.19. The minimum atomic E-state index is -0.472. The Morgan fingerprint density at radius 3 is 1.67 bits per heavy atom. The summed E-state index contributed by atoms with van der Waals surface area (Å²) >= 11 is 17.0. The van der Waals surface area contributed by atoms with Crippen molar-refractivity contribution >= 4 is 34.8 Å². The fraction of sp³-hybridized carbons (Fsp3) is 1.00. The van der Waals surface area contributed by atoms with Crippen molar-refractivity contribution in [2.45, 2.75) is 50.2 Å². The molecule has 0 saturated heterocycles. The second-order valence-electron chi connectivity index (χ2n) is 2.99. The van der Waals surface area contributed by atoms with Crippen LogP contribution in [0.15, 0.2) is 0 Å². The Morgan fingerprint density at radius 1 is 0.867 bits per heavy atom. The molecule has 0 rings (SSSR count). The molecule has 3 unspecified atom stereocenters. The topological polar surface area (TPSA) is 27.7 Å². The molecule has 0 aromatic rings. The molecule has 0 aliphatic heterocycles. The van der Waals surface area contributed by atoms with Crippen molar-refractivity contribution in [3.8, 4) is 0 Å². The fourth-order valence-electron chi connectivity index (χ4n) is 0.913. The molecule has 15 heavy (non-hydrogen) atoms. The molecule has 3 nitrogen and oxygen atoms in total. The lowest BCUT2D eigenvalue weighted by atomic mass is 10.4. The lowest BCUT2D eigenvalue weighted by Crippen LogP contribution is -2.25. The Bertz CT molecular complexity index is 144. The van der Waals surface area contributed by atoms with E-state index in [-0.39, 0.29) is 5.56 Å². The summed E-state index contributed by atoms with van der Waals surface area (Å²) < 4.78 is 15.7. The number of ether oxygens (including phenoxy) is 3. The van der Waals surface area contributed by atoms with Crippen molar-refractivity contribution in [3.63, 3.8) is 0 Å². The lowest BCUT2D eigenvalue weighted by molar-refractivity contribution is -0.165. The molecule has 92 valence electrons. The van der Waals surface area contributed by atoms with E-state index in [1.807, 2.05) is 0 Å². The molecule has 0 fully saturated rings. The van der Waals surface area contributed by atoms with Gasteiger partial charge in [0.15, 0.2) is 6.29 Å². The van der Waals surface area contributed by atoms with E-state index in [2.05, 4.69) is 0 Å². The molecule has 0 radical (unpaired) electrons. The second-order valence-corrected chi connectivity index (χ2v) is 4.83. The molecule has 0 amide bonds. The average Bonchev–Trinajstić information content (AvgIpc) is 2.00. The van der Waals surface area contributed by atoms with Gasteiger partial charge in [-0.15, -0.1) is 0 Å². The molecule has 0 saturated carbocycles. The number of rotatable bonds is 8. The van der Waals surface area contributed by atoms with Crippen molar-refractivity contribution in [3.05, 3.63) is 0 Å². The van der Waals surface area contributed by atoms with E-state index < -0.39 is 17.4 Å². The maximum absolute atomic E-state index is 5.69. The molecule has 0 bridgehead atoms. The zero-order chi connectivity index (χ0) is 11.8. The zero-order valence-corrected chi connectivity index (χ0v) is 11.4. The number of halogens is 3. The fourth-order valence-corrected chi connectivity index (χ4v) is 1.23. The third kappa shape index (κ3) is 11.0. The largest absolute Gasteiger partial charge is 0.363 e. The van der Waals surface area contributed by atoms with Gasteiger partial charge in [0.05, 0.1) is 6.61 Å². The summed E-state index contributed by atoms with van der Waals surface area (Å²) in [5, 5.41) is 0. The minimum absolute atomic E-state index is 0.326. The van der Waals surface area contributed by atoms with E-state index in [0.29, 0.717) is 13.0 Å². The van der Waals surface area contributed by atoms with Crippen LogP contribution < -0.4 is 0 Å². The van der Waals surface area contributed by atoms with Gasteiger partial charge in [0.25, 0.3) is 0 Å². The Balaban J connectivity index is 3.79. The highest BCUT2D eigenvalue weighted by Crippen LogP contribution is 2.12. The predicted octanol–water partition coefficient (Wildman–Crippen LogP) is 3.51. The lowest BCUT2D eigenvalue weighted by Gasteiger charge is -2.21. The van der Waals surface area contributed by atoms with Gasteiger partial charge >= 0.3 is 0 Å². The number of alkyl halides is 3. The van der Waals surface area contributed by atoms with Gasteiger partial charge in [-0.05, 0) is 20.8 Å². The van der Waals surface area contributed by atoms with Gasteiger partial charge in [-0.3, -0.25) is 0 Å². The van der Waals surface area contributed by atoms with Gasteiger partial charge < -0.3 is 14.2 Å². The normalized spacial score (nSPS) is 19.6. The molecule has 0 aromatic carbocycles. The van der Waals surface area contributed by atoms with Gasteiger partial charge in [0, 0.05) is 6.42 Å². The van der Waals surface area contributed by atoms with Gasteiger partial charge in [0.1, 0.15) is 16.7 Å². The number of hydrogen-bond acceptors (Lipinski definition) is 3. The van der Waals surface area contributed by atoms with Crippen molar-refractivity contribution in [1.29, 1.82) is 0 Å². The molecule has 3 atom stereocenters. The van der Waals surface area contributed by atoms with Crippen LogP contribution in [0.25, 0.3) is 0 Å². The third-order valence-corrected chi connectivity index (χ3v) is 1.71. The molecular formula is C9H17Cl3O3. The summed E-state index contributed by atoms with van der Waals surface area (Å²) in [7, 11) is 0. The van der Waals surface area contributed by atoms with Crippen molar-refractivity contribution in [2.24, 2.45) is 0 Å². The summed E-state index contributed by atoms with van der Waals surface area (Å²) in [4.78, 5) is 0. The second kappa shape index (κ2) is 8.85. The van der Waals surface area contributed by atoms with Crippen LogP contribution in [0.4, 0.5) is 0 Å². The van der Waals surface area contributed by atoms with E-state index in [4.69, 9.17) is 49.0 Å². The molecule has 0 aromatic heterocycles.